The second kappa shape index (κ2) is 9.09. The van der Waals surface area contributed by atoms with Crippen LogP contribution < -0.4 is 14.8 Å². The standard InChI is InChI=1S/C24H20ClN3O4S/c1-15-13-18(17-7-3-5-9-20(17)26-15)24(29)27-16-11-12-22(32-2)23(14-16)33(30,31)28-21-10-6-4-8-19(21)25/h3-14,28H,1-2H3,(H,27,29). The van der Waals surface area contributed by atoms with Crippen LogP contribution in [-0.4, -0.2) is 26.4 Å². The quantitative estimate of drug-likeness (QED) is 0.391. The van der Waals surface area contributed by atoms with Gasteiger partial charge in [0, 0.05) is 16.8 Å². The summed E-state index contributed by atoms with van der Waals surface area (Å²) in [7, 11) is -2.69. The van der Waals surface area contributed by atoms with Gasteiger partial charge < -0.3 is 10.1 Å². The first-order valence-electron chi connectivity index (χ1n) is 9.91. The minimum atomic E-state index is -4.06. The van der Waals surface area contributed by atoms with Gasteiger partial charge in [-0.25, -0.2) is 8.42 Å². The van der Waals surface area contributed by atoms with Crippen LogP contribution in [0.25, 0.3) is 10.9 Å². The zero-order valence-corrected chi connectivity index (χ0v) is 19.4. The van der Waals surface area contributed by atoms with Crippen molar-refractivity contribution < 1.29 is 17.9 Å². The lowest BCUT2D eigenvalue weighted by atomic mass is 10.1. The Bertz CT molecular complexity index is 1470. The van der Waals surface area contributed by atoms with Crippen LogP contribution >= 0.6 is 11.6 Å². The van der Waals surface area contributed by atoms with E-state index >= 15 is 0 Å². The zero-order valence-electron chi connectivity index (χ0n) is 17.8. The average molecular weight is 482 g/mol. The van der Waals surface area contributed by atoms with Gasteiger partial charge in [0.1, 0.15) is 10.6 Å². The number of benzene rings is 3. The minimum Gasteiger partial charge on any atom is -0.495 e. The molecule has 0 fully saturated rings. The molecule has 0 aliphatic heterocycles. The number of nitrogens with zero attached hydrogens (tertiary/aromatic N) is 1. The number of aromatic nitrogens is 1. The lowest BCUT2D eigenvalue weighted by Gasteiger charge is -2.15. The van der Waals surface area contributed by atoms with Crippen molar-refractivity contribution in [2.24, 2.45) is 0 Å². The maximum atomic E-state index is 13.1. The van der Waals surface area contributed by atoms with E-state index in [-0.39, 0.29) is 27.3 Å². The van der Waals surface area contributed by atoms with Crippen molar-refractivity contribution in [2.75, 3.05) is 17.1 Å². The largest absolute Gasteiger partial charge is 0.495 e. The third-order valence-electron chi connectivity index (χ3n) is 4.92. The van der Waals surface area contributed by atoms with E-state index in [4.69, 9.17) is 16.3 Å². The second-order valence-corrected chi connectivity index (χ2v) is 9.29. The Labute approximate surface area is 196 Å². The number of hydrogen-bond acceptors (Lipinski definition) is 5. The Kier molecular flexibility index (Phi) is 6.22. The van der Waals surface area contributed by atoms with E-state index in [9.17, 15) is 13.2 Å². The molecule has 0 aliphatic rings. The molecule has 1 amide bonds. The van der Waals surface area contributed by atoms with Crippen molar-refractivity contribution >= 4 is 49.8 Å². The Morgan fingerprint density at radius 3 is 2.48 bits per heavy atom. The number of ether oxygens (including phenoxy) is 1. The molecule has 0 atom stereocenters. The van der Waals surface area contributed by atoms with Crippen LogP contribution in [0.3, 0.4) is 0 Å². The second-order valence-electron chi connectivity index (χ2n) is 7.23. The van der Waals surface area contributed by atoms with E-state index < -0.39 is 10.0 Å². The molecule has 2 N–H and O–H groups in total. The summed E-state index contributed by atoms with van der Waals surface area (Å²) in [5, 5.41) is 3.73. The Morgan fingerprint density at radius 2 is 1.73 bits per heavy atom. The SMILES string of the molecule is COc1ccc(NC(=O)c2cc(C)nc3ccccc23)cc1S(=O)(=O)Nc1ccccc1Cl. The molecule has 1 aromatic heterocycles. The summed E-state index contributed by atoms with van der Waals surface area (Å²) in [4.78, 5) is 17.4. The van der Waals surface area contributed by atoms with Crippen LogP contribution in [0, 0.1) is 6.92 Å². The van der Waals surface area contributed by atoms with Crippen LogP contribution in [0.15, 0.2) is 77.7 Å². The van der Waals surface area contributed by atoms with Crippen LogP contribution in [0.1, 0.15) is 16.1 Å². The number of sulfonamides is 1. The summed E-state index contributed by atoms with van der Waals surface area (Å²) in [5.74, 6) is -0.262. The van der Waals surface area contributed by atoms with Crippen molar-refractivity contribution in [3.05, 3.63) is 89.1 Å². The van der Waals surface area contributed by atoms with Gasteiger partial charge >= 0.3 is 0 Å². The van der Waals surface area contributed by atoms with E-state index in [2.05, 4.69) is 15.0 Å². The zero-order chi connectivity index (χ0) is 23.6. The van der Waals surface area contributed by atoms with Crippen LogP contribution in [0.5, 0.6) is 5.75 Å². The molecule has 0 saturated carbocycles. The Balaban J connectivity index is 1.69. The number of pyridine rings is 1. The van der Waals surface area contributed by atoms with E-state index in [0.29, 0.717) is 27.8 Å². The van der Waals surface area contributed by atoms with Gasteiger partial charge in [-0.05, 0) is 49.4 Å². The number of anilines is 2. The molecule has 4 rings (SSSR count). The van der Waals surface area contributed by atoms with Crippen molar-refractivity contribution in [1.82, 2.24) is 4.98 Å². The monoisotopic (exact) mass is 481 g/mol. The third-order valence-corrected chi connectivity index (χ3v) is 6.63. The first-order chi connectivity index (χ1) is 15.8. The molecule has 1 heterocycles. The van der Waals surface area contributed by atoms with Crippen molar-refractivity contribution in [3.8, 4) is 5.75 Å². The molecule has 9 heteroatoms. The van der Waals surface area contributed by atoms with Crippen LogP contribution in [0.4, 0.5) is 11.4 Å². The number of carbonyl (C=O) groups is 1. The number of rotatable bonds is 6. The molecule has 0 saturated heterocycles. The molecule has 3 aromatic carbocycles. The van der Waals surface area contributed by atoms with Crippen LogP contribution in [-0.2, 0) is 10.0 Å². The number of hydrogen-bond donors (Lipinski definition) is 2. The number of nitrogens with one attached hydrogen (secondary N) is 2. The highest BCUT2D eigenvalue weighted by Crippen LogP contribution is 2.31. The fourth-order valence-electron chi connectivity index (χ4n) is 3.40. The number of halogens is 1. The predicted molar refractivity (Wildman–Crippen MR) is 130 cm³/mol. The molecule has 0 radical (unpaired) electrons. The molecule has 4 aromatic rings. The lowest BCUT2D eigenvalue weighted by Crippen LogP contribution is -2.16. The predicted octanol–water partition coefficient (Wildman–Crippen LogP) is 5.26. The summed E-state index contributed by atoms with van der Waals surface area (Å²) >= 11 is 6.10. The number of aryl methyl sites for hydroxylation is 1. The normalized spacial score (nSPS) is 11.2. The number of para-hydroxylation sites is 2. The molecule has 0 bridgehead atoms. The highest BCUT2D eigenvalue weighted by molar-refractivity contribution is 7.92. The Hall–Kier alpha value is -3.62. The number of carbonyl (C=O) groups excluding carboxylic acids is 1. The van der Waals surface area contributed by atoms with Crippen molar-refractivity contribution in [3.63, 3.8) is 0 Å². The highest BCUT2D eigenvalue weighted by Gasteiger charge is 2.22. The molecule has 0 aliphatic carbocycles. The first kappa shape index (κ1) is 22.6. The number of fused-ring (bicyclic) bond motifs is 1. The van der Waals surface area contributed by atoms with Gasteiger partial charge in [-0.1, -0.05) is 41.9 Å². The van der Waals surface area contributed by atoms with Gasteiger partial charge in [-0.3, -0.25) is 14.5 Å². The lowest BCUT2D eigenvalue weighted by molar-refractivity contribution is 0.102. The Morgan fingerprint density at radius 1 is 1.00 bits per heavy atom. The molecule has 7 nitrogen and oxygen atoms in total. The van der Waals surface area contributed by atoms with Gasteiger partial charge in [0.15, 0.2) is 0 Å². The fraction of sp³-hybridized carbons (Fsp3) is 0.0833. The van der Waals surface area contributed by atoms with E-state index in [1.54, 1.807) is 36.4 Å². The first-order valence-corrected chi connectivity index (χ1v) is 11.8. The summed E-state index contributed by atoms with van der Waals surface area (Å²) < 4.78 is 33.9. The van der Waals surface area contributed by atoms with Gasteiger partial charge in [-0.2, -0.15) is 0 Å². The fourth-order valence-corrected chi connectivity index (χ4v) is 4.92. The average Bonchev–Trinajstić information content (AvgIpc) is 2.79. The maximum Gasteiger partial charge on any atom is 0.265 e. The van der Waals surface area contributed by atoms with Gasteiger partial charge in [0.2, 0.25) is 0 Å². The minimum absolute atomic E-state index is 0.123. The number of amides is 1. The van der Waals surface area contributed by atoms with Gasteiger partial charge in [-0.15, -0.1) is 0 Å². The summed E-state index contributed by atoms with van der Waals surface area (Å²) in [5.41, 5.74) is 2.35. The van der Waals surface area contributed by atoms with E-state index in [1.807, 2.05) is 31.2 Å². The summed E-state index contributed by atoms with van der Waals surface area (Å²) in [6.07, 6.45) is 0. The van der Waals surface area contributed by atoms with Gasteiger partial charge in [0.25, 0.3) is 15.9 Å². The van der Waals surface area contributed by atoms with Crippen molar-refractivity contribution in [1.29, 1.82) is 0 Å². The van der Waals surface area contributed by atoms with E-state index in [0.717, 1.165) is 0 Å². The van der Waals surface area contributed by atoms with Gasteiger partial charge in [0.05, 0.1) is 28.9 Å². The topological polar surface area (TPSA) is 97.4 Å². The van der Waals surface area contributed by atoms with Crippen LogP contribution in [0.2, 0.25) is 5.02 Å². The van der Waals surface area contributed by atoms with E-state index in [1.165, 1.54) is 19.2 Å². The molecule has 0 unspecified atom stereocenters. The molecule has 0 spiro atoms. The van der Waals surface area contributed by atoms with Crippen molar-refractivity contribution in [2.45, 2.75) is 11.8 Å². The third kappa shape index (κ3) is 4.76. The molecular weight excluding hydrogens is 462 g/mol. The molecule has 33 heavy (non-hydrogen) atoms. The number of methoxy groups -OCH3 is 1. The smallest absolute Gasteiger partial charge is 0.265 e. The maximum absolute atomic E-state index is 13.1. The summed E-state index contributed by atoms with van der Waals surface area (Å²) in [6, 6.07) is 19.9. The molecular formula is C24H20ClN3O4S. The summed E-state index contributed by atoms with van der Waals surface area (Å²) in [6.45, 7) is 1.81. The molecule has 168 valence electrons. The highest BCUT2D eigenvalue weighted by atomic mass is 35.5.